The van der Waals surface area contributed by atoms with Gasteiger partial charge in [-0.25, -0.2) is 4.98 Å². The third-order valence-electron chi connectivity index (χ3n) is 3.89. The Balaban J connectivity index is 1.84. The molecule has 2 unspecified atom stereocenters. The van der Waals surface area contributed by atoms with Crippen molar-refractivity contribution in [3.63, 3.8) is 0 Å². The fourth-order valence-electron chi connectivity index (χ4n) is 2.70. The number of nitrogens with one attached hydrogen (secondary N) is 1. The van der Waals surface area contributed by atoms with E-state index in [2.05, 4.69) is 17.2 Å². The fraction of sp³-hybridized carbons (Fsp3) is 0.375. The molecule has 2 aromatic rings. The summed E-state index contributed by atoms with van der Waals surface area (Å²) in [7, 11) is 0. The summed E-state index contributed by atoms with van der Waals surface area (Å²) in [5, 5.41) is 5.21. The van der Waals surface area contributed by atoms with Gasteiger partial charge in [0.05, 0.1) is 5.56 Å². The first kappa shape index (κ1) is 13.4. The van der Waals surface area contributed by atoms with Gasteiger partial charge < -0.3 is 5.32 Å². The van der Waals surface area contributed by atoms with E-state index in [0.29, 0.717) is 22.7 Å². The van der Waals surface area contributed by atoms with Crippen molar-refractivity contribution in [2.45, 2.75) is 32.2 Å². The molecule has 1 aromatic carbocycles. The number of hydrogen-bond acceptors (Lipinski definition) is 2. The van der Waals surface area contributed by atoms with Crippen LogP contribution in [0.15, 0.2) is 30.5 Å². The van der Waals surface area contributed by atoms with Crippen LogP contribution in [0.5, 0.6) is 0 Å². The molecule has 1 aliphatic carbocycles. The van der Waals surface area contributed by atoms with Crippen molar-refractivity contribution in [1.82, 2.24) is 10.3 Å². The topological polar surface area (TPSA) is 42.0 Å². The lowest BCUT2D eigenvalue weighted by Gasteiger charge is -2.08. The van der Waals surface area contributed by atoms with E-state index in [9.17, 15) is 4.79 Å². The fourth-order valence-corrected chi connectivity index (χ4v) is 2.91. The van der Waals surface area contributed by atoms with Gasteiger partial charge in [0, 0.05) is 17.6 Å². The van der Waals surface area contributed by atoms with Crippen LogP contribution in [0, 0.1) is 5.92 Å². The highest BCUT2D eigenvalue weighted by Crippen LogP contribution is 2.35. The van der Waals surface area contributed by atoms with Crippen LogP contribution in [-0.2, 0) is 0 Å². The predicted molar refractivity (Wildman–Crippen MR) is 81.0 cm³/mol. The van der Waals surface area contributed by atoms with Crippen LogP contribution in [0.25, 0.3) is 10.8 Å². The quantitative estimate of drug-likeness (QED) is 0.869. The second kappa shape index (κ2) is 5.41. The molecule has 1 amide bonds. The van der Waals surface area contributed by atoms with Gasteiger partial charge in [0.1, 0.15) is 5.15 Å². The number of carbonyl (C=O) groups is 1. The first-order valence-electron chi connectivity index (χ1n) is 7.04. The minimum Gasteiger partial charge on any atom is -0.349 e. The molecule has 1 aromatic heterocycles. The van der Waals surface area contributed by atoms with Crippen LogP contribution >= 0.6 is 11.6 Å². The van der Waals surface area contributed by atoms with Gasteiger partial charge >= 0.3 is 0 Å². The number of nitrogens with zero attached hydrogens (tertiary/aromatic N) is 1. The van der Waals surface area contributed by atoms with E-state index >= 15 is 0 Å². The lowest BCUT2D eigenvalue weighted by molar-refractivity contribution is 0.0950. The van der Waals surface area contributed by atoms with Crippen molar-refractivity contribution < 1.29 is 4.79 Å². The van der Waals surface area contributed by atoms with E-state index in [1.54, 1.807) is 6.20 Å². The molecule has 3 nitrogen and oxygen atoms in total. The second-order valence-corrected chi connectivity index (χ2v) is 5.73. The Bertz CT molecular complexity index is 656. The first-order chi connectivity index (χ1) is 9.70. The lowest BCUT2D eigenvalue weighted by Crippen LogP contribution is -2.27. The Morgan fingerprint density at radius 1 is 1.40 bits per heavy atom. The van der Waals surface area contributed by atoms with Gasteiger partial charge in [-0.1, -0.05) is 49.2 Å². The number of rotatable bonds is 4. The Morgan fingerprint density at radius 3 is 2.90 bits per heavy atom. The molecule has 20 heavy (non-hydrogen) atoms. The summed E-state index contributed by atoms with van der Waals surface area (Å²) in [6, 6.07) is 7.94. The summed E-state index contributed by atoms with van der Waals surface area (Å²) in [5.74, 6) is 0.601. The van der Waals surface area contributed by atoms with Crippen molar-refractivity contribution in [1.29, 1.82) is 0 Å². The molecule has 0 saturated heterocycles. The SMILES string of the molecule is CCCC1CC1NC(=O)c1cnc(Cl)c2ccccc12. The molecule has 4 heteroatoms. The Morgan fingerprint density at radius 2 is 2.15 bits per heavy atom. The molecule has 0 bridgehead atoms. The normalized spacial score (nSPS) is 20.9. The molecule has 3 rings (SSSR count). The van der Waals surface area contributed by atoms with Crippen LogP contribution in [0.1, 0.15) is 36.5 Å². The Kier molecular flexibility index (Phi) is 3.62. The minimum atomic E-state index is -0.0473. The molecule has 104 valence electrons. The van der Waals surface area contributed by atoms with Gasteiger partial charge in [0.25, 0.3) is 5.91 Å². The number of halogens is 1. The summed E-state index contributed by atoms with van der Waals surface area (Å²) in [4.78, 5) is 16.5. The number of amides is 1. The van der Waals surface area contributed by atoms with Gasteiger partial charge in [-0.15, -0.1) is 0 Å². The van der Waals surface area contributed by atoms with Crippen molar-refractivity contribution in [2.24, 2.45) is 5.92 Å². The maximum Gasteiger partial charge on any atom is 0.253 e. The molecule has 1 fully saturated rings. The zero-order valence-electron chi connectivity index (χ0n) is 11.4. The van der Waals surface area contributed by atoms with Crippen LogP contribution in [0.3, 0.4) is 0 Å². The highest BCUT2D eigenvalue weighted by Gasteiger charge is 2.37. The van der Waals surface area contributed by atoms with Gasteiger partial charge in [0.2, 0.25) is 0 Å². The predicted octanol–water partition coefficient (Wildman–Crippen LogP) is 3.81. The number of benzene rings is 1. The summed E-state index contributed by atoms with van der Waals surface area (Å²) in [6.45, 7) is 2.17. The highest BCUT2D eigenvalue weighted by atomic mass is 35.5. The van der Waals surface area contributed by atoms with Crippen LogP contribution < -0.4 is 5.32 Å². The molecular weight excluding hydrogens is 272 g/mol. The summed E-state index contributed by atoms with van der Waals surface area (Å²) >= 11 is 6.07. The van der Waals surface area contributed by atoms with Gasteiger partial charge in [-0.3, -0.25) is 4.79 Å². The number of carbonyl (C=O) groups excluding carboxylic acids is 1. The van der Waals surface area contributed by atoms with Crippen LogP contribution in [0.2, 0.25) is 5.15 Å². The number of pyridine rings is 1. The Hall–Kier alpha value is -1.61. The number of fused-ring (bicyclic) bond motifs is 1. The molecular formula is C16H17ClN2O. The van der Waals surface area contributed by atoms with Crippen LogP contribution in [0.4, 0.5) is 0 Å². The second-order valence-electron chi connectivity index (χ2n) is 5.37. The van der Waals surface area contributed by atoms with E-state index in [0.717, 1.165) is 17.2 Å². The van der Waals surface area contributed by atoms with Crippen LogP contribution in [-0.4, -0.2) is 16.9 Å². The summed E-state index contributed by atoms with van der Waals surface area (Å²) in [5.41, 5.74) is 0.604. The molecule has 1 heterocycles. The Labute approximate surface area is 123 Å². The van der Waals surface area contributed by atoms with E-state index in [1.807, 2.05) is 24.3 Å². The molecule has 0 aliphatic heterocycles. The monoisotopic (exact) mass is 288 g/mol. The molecule has 1 N–H and O–H groups in total. The third kappa shape index (κ3) is 2.50. The van der Waals surface area contributed by atoms with Crippen molar-refractivity contribution >= 4 is 28.3 Å². The molecule has 0 spiro atoms. The van der Waals surface area contributed by atoms with Gasteiger partial charge in [-0.2, -0.15) is 0 Å². The van der Waals surface area contributed by atoms with Crippen molar-refractivity contribution in [2.75, 3.05) is 0 Å². The van der Waals surface area contributed by atoms with Crippen molar-refractivity contribution in [3.8, 4) is 0 Å². The van der Waals surface area contributed by atoms with Crippen molar-refractivity contribution in [3.05, 3.63) is 41.2 Å². The lowest BCUT2D eigenvalue weighted by atomic mass is 10.1. The molecule has 2 atom stereocenters. The zero-order chi connectivity index (χ0) is 14.1. The minimum absolute atomic E-state index is 0.0473. The smallest absolute Gasteiger partial charge is 0.253 e. The average molecular weight is 289 g/mol. The maximum absolute atomic E-state index is 12.4. The zero-order valence-corrected chi connectivity index (χ0v) is 12.2. The standard InChI is InChI=1S/C16H17ClN2O/c1-2-5-10-8-14(10)19-16(20)13-9-18-15(17)12-7-4-3-6-11(12)13/h3-4,6-7,9-10,14H,2,5,8H2,1H3,(H,19,20). The third-order valence-corrected chi connectivity index (χ3v) is 4.19. The molecule has 1 saturated carbocycles. The number of aromatic nitrogens is 1. The van der Waals surface area contributed by atoms with Gasteiger partial charge in [-0.05, 0) is 24.1 Å². The van der Waals surface area contributed by atoms with E-state index in [1.165, 1.54) is 12.8 Å². The maximum atomic E-state index is 12.4. The molecule has 1 aliphatic rings. The van der Waals surface area contributed by atoms with E-state index in [-0.39, 0.29) is 5.91 Å². The first-order valence-corrected chi connectivity index (χ1v) is 7.42. The highest BCUT2D eigenvalue weighted by molar-refractivity contribution is 6.34. The van der Waals surface area contributed by atoms with E-state index < -0.39 is 0 Å². The summed E-state index contributed by atoms with van der Waals surface area (Å²) < 4.78 is 0. The summed E-state index contributed by atoms with van der Waals surface area (Å²) in [6.07, 6.45) is 5.02. The largest absolute Gasteiger partial charge is 0.349 e. The number of hydrogen-bond donors (Lipinski definition) is 1. The van der Waals surface area contributed by atoms with E-state index in [4.69, 9.17) is 11.6 Å². The average Bonchev–Trinajstić information content (AvgIpc) is 3.17. The van der Waals surface area contributed by atoms with Gasteiger partial charge in [0.15, 0.2) is 0 Å². The molecule has 0 radical (unpaired) electrons.